The number of nitro groups is 1. The third-order valence-corrected chi connectivity index (χ3v) is 2.88. The quantitative estimate of drug-likeness (QED) is 0.695. The Hall–Kier alpha value is -2.47. The zero-order valence-corrected chi connectivity index (χ0v) is 11.2. The van der Waals surface area contributed by atoms with Gasteiger partial charge < -0.3 is 5.32 Å². The van der Waals surface area contributed by atoms with Crippen molar-refractivity contribution in [2.24, 2.45) is 0 Å². The van der Waals surface area contributed by atoms with Crippen molar-refractivity contribution in [1.29, 1.82) is 0 Å². The molecule has 0 saturated heterocycles. The molecule has 1 heterocycles. The van der Waals surface area contributed by atoms with Gasteiger partial charge in [-0.05, 0) is 25.1 Å². The first-order valence-electron chi connectivity index (χ1n) is 5.65. The van der Waals surface area contributed by atoms with Crippen LogP contribution in [0, 0.1) is 17.0 Å². The van der Waals surface area contributed by atoms with Crippen LogP contribution in [0.25, 0.3) is 0 Å². The zero-order chi connectivity index (χ0) is 14.7. The Morgan fingerprint density at radius 3 is 2.70 bits per heavy atom. The van der Waals surface area contributed by atoms with E-state index >= 15 is 0 Å². The van der Waals surface area contributed by atoms with Gasteiger partial charge in [0.2, 0.25) is 0 Å². The van der Waals surface area contributed by atoms with E-state index in [0.29, 0.717) is 5.69 Å². The minimum absolute atomic E-state index is 0.0301. The van der Waals surface area contributed by atoms with Crippen LogP contribution in [0.1, 0.15) is 16.1 Å². The molecule has 0 spiro atoms. The van der Waals surface area contributed by atoms with Gasteiger partial charge in [-0.15, -0.1) is 0 Å². The van der Waals surface area contributed by atoms with Crippen LogP contribution in [-0.2, 0) is 0 Å². The second-order valence-corrected chi connectivity index (χ2v) is 4.47. The molecule has 2 aromatic rings. The van der Waals surface area contributed by atoms with E-state index in [0.717, 1.165) is 11.8 Å². The van der Waals surface area contributed by atoms with E-state index in [1.54, 1.807) is 25.3 Å². The van der Waals surface area contributed by atoms with Crippen LogP contribution in [0.5, 0.6) is 0 Å². The van der Waals surface area contributed by atoms with Gasteiger partial charge in [0.25, 0.3) is 11.6 Å². The molecular formula is C13H10ClN3O3. The second kappa shape index (κ2) is 5.66. The summed E-state index contributed by atoms with van der Waals surface area (Å²) in [4.78, 5) is 26.1. The molecule has 0 unspecified atom stereocenters. The predicted molar refractivity (Wildman–Crippen MR) is 75.0 cm³/mol. The fraction of sp³-hybridized carbons (Fsp3) is 0.0769. The Morgan fingerprint density at radius 1 is 1.35 bits per heavy atom. The van der Waals surface area contributed by atoms with Crippen molar-refractivity contribution in [3.05, 3.63) is 62.9 Å². The molecule has 6 nitrogen and oxygen atoms in total. The van der Waals surface area contributed by atoms with E-state index in [4.69, 9.17) is 11.6 Å². The molecule has 0 aliphatic carbocycles. The molecule has 0 radical (unpaired) electrons. The van der Waals surface area contributed by atoms with Crippen molar-refractivity contribution in [2.75, 3.05) is 5.32 Å². The summed E-state index contributed by atoms with van der Waals surface area (Å²) in [5.74, 6) is -0.435. The van der Waals surface area contributed by atoms with Crippen molar-refractivity contribution in [1.82, 2.24) is 4.98 Å². The summed E-state index contributed by atoms with van der Waals surface area (Å²) in [6, 6.07) is 7.05. The third kappa shape index (κ3) is 3.10. The van der Waals surface area contributed by atoms with Crippen LogP contribution in [0.15, 0.2) is 36.5 Å². The average Bonchev–Trinajstić information content (AvgIpc) is 2.38. The van der Waals surface area contributed by atoms with E-state index in [2.05, 4.69) is 10.3 Å². The van der Waals surface area contributed by atoms with Gasteiger partial charge in [0.15, 0.2) is 0 Å². The number of hydrogen-bond acceptors (Lipinski definition) is 4. The highest BCUT2D eigenvalue weighted by molar-refractivity contribution is 6.34. The van der Waals surface area contributed by atoms with Crippen LogP contribution in [0.4, 0.5) is 11.4 Å². The highest BCUT2D eigenvalue weighted by Gasteiger charge is 2.15. The Balaban J connectivity index is 2.23. The SMILES string of the molecule is Cc1cc(NC(=O)c2ccc([N+](=O)[O-])cc2Cl)ccn1. The molecule has 1 amide bonds. The number of rotatable bonds is 3. The highest BCUT2D eigenvalue weighted by atomic mass is 35.5. The first-order chi connectivity index (χ1) is 9.47. The lowest BCUT2D eigenvalue weighted by molar-refractivity contribution is -0.384. The Morgan fingerprint density at radius 2 is 2.10 bits per heavy atom. The molecular weight excluding hydrogens is 282 g/mol. The zero-order valence-electron chi connectivity index (χ0n) is 10.5. The maximum absolute atomic E-state index is 12.0. The van der Waals surface area contributed by atoms with E-state index < -0.39 is 10.8 Å². The van der Waals surface area contributed by atoms with Gasteiger partial charge in [0.1, 0.15) is 0 Å². The third-order valence-electron chi connectivity index (χ3n) is 2.56. The lowest BCUT2D eigenvalue weighted by Gasteiger charge is -2.07. The first-order valence-corrected chi connectivity index (χ1v) is 6.03. The average molecular weight is 292 g/mol. The number of anilines is 1. The number of pyridine rings is 1. The van der Waals surface area contributed by atoms with Gasteiger partial charge in [-0.25, -0.2) is 0 Å². The fourth-order valence-electron chi connectivity index (χ4n) is 1.62. The van der Waals surface area contributed by atoms with Gasteiger partial charge >= 0.3 is 0 Å². The molecule has 7 heteroatoms. The van der Waals surface area contributed by atoms with Gasteiger partial charge in [-0.3, -0.25) is 19.9 Å². The minimum Gasteiger partial charge on any atom is -0.322 e. The van der Waals surface area contributed by atoms with E-state index in [1.165, 1.54) is 12.1 Å². The lowest BCUT2D eigenvalue weighted by Crippen LogP contribution is -2.12. The number of benzene rings is 1. The number of carbonyl (C=O) groups is 1. The molecule has 20 heavy (non-hydrogen) atoms. The number of amides is 1. The van der Waals surface area contributed by atoms with Gasteiger partial charge in [0, 0.05) is 29.7 Å². The normalized spacial score (nSPS) is 10.1. The molecule has 0 aliphatic rings. The summed E-state index contributed by atoms with van der Waals surface area (Å²) < 4.78 is 0. The number of nitrogens with zero attached hydrogens (tertiary/aromatic N) is 2. The smallest absolute Gasteiger partial charge is 0.270 e. The summed E-state index contributed by atoms with van der Waals surface area (Å²) in [5, 5.41) is 13.3. The van der Waals surface area contributed by atoms with Gasteiger partial charge in [0.05, 0.1) is 15.5 Å². The molecule has 0 bridgehead atoms. The largest absolute Gasteiger partial charge is 0.322 e. The summed E-state index contributed by atoms with van der Waals surface area (Å²) in [7, 11) is 0. The number of carbonyl (C=O) groups excluding carboxylic acids is 1. The lowest BCUT2D eigenvalue weighted by atomic mass is 10.2. The predicted octanol–water partition coefficient (Wildman–Crippen LogP) is 3.20. The number of aryl methyl sites for hydroxylation is 1. The van der Waals surface area contributed by atoms with E-state index in [1.807, 2.05) is 0 Å². The highest BCUT2D eigenvalue weighted by Crippen LogP contribution is 2.23. The Kier molecular flexibility index (Phi) is 3.95. The van der Waals surface area contributed by atoms with E-state index in [9.17, 15) is 14.9 Å². The van der Waals surface area contributed by atoms with Crippen molar-refractivity contribution in [3.63, 3.8) is 0 Å². The van der Waals surface area contributed by atoms with Gasteiger partial charge in [-0.2, -0.15) is 0 Å². The molecule has 0 fully saturated rings. The van der Waals surface area contributed by atoms with Crippen molar-refractivity contribution < 1.29 is 9.72 Å². The van der Waals surface area contributed by atoms with Gasteiger partial charge in [-0.1, -0.05) is 11.6 Å². The number of halogens is 1. The van der Waals surface area contributed by atoms with Crippen molar-refractivity contribution in [3.8, 4) is 0 Å². The van der Waals surface area contributed by atoms with Crippen molar-refractivity contribution in [2.45, 2.75) is 6.92 Å². The number of aromatic nitrogens is 1. The molecule has 1 N–H and O–H groups in total. The summed E-state index contributed by atoms with van der Waals surface area (Å²) in [6.07, 6.45) is 1.57. The number of nitrogens with one attached hydrogen (secondary N) is 1. The molecule has 0 atom stereocenters. The minimum atomic E-state index is -0.570. The van der Waals surface area contributed by atoms with Crippen LogP contribution in [0.2, 0.25) is 5.02 Å². The summed E-state index contributed by atoms with van der Waals surface area (Å²) >= 11 is 5.89. The van der Waals surface area contributed by atoms with Crippen LogP contribution < -0.4 is 5.32 Å². The topological polar surface area (TPSA) is 85.1 Å². The maximum Gasteiger partial charge on any atom is 0.270 e. The fourth-order valence-corrected chi connectivity index (χ4v) is 1.88. The molecule has 1 aromatic carbocycles. The molecule has 1 aromatic heterocycles. The van der Waals surface area contributed by atoms with Crippen LogP contribution in [0.3, 0.4) is 0 Å². The molecule has 0 saturated carbocycles. The standard InChI is InChI=1S/C13H10ClN3O3/c1-8-6-9(4-5-15-8)16-13(18)11-3-2-10(17(19)20)7-12(11)14/h2-7H,1H3,(H,15,16,18). The molecule has 0 aliphatic heterocycles. The van der Waals surface area contributed by atoms with E-state index in [-0.39, 0.29) is 16.3 Å². The van der Waals surface area contributed by atoms with Crippen molar-refractivity contribution >= 4 is 28.9 Å². The van der Waals surface area contributed by atoms with Crippen LogP contribution >= 0.6 is 11.6 Å². The Labute approximate surface area is 119 Å². The maximum atomic E-state index is 12.0. The molecule has 102 valence electrons. The first kappa shape index (κ1) is 14.0. The number of nitro benzene ring substituents is 1. The monoisotopic (exact) mass is 291 g/mol. The number of hydrogen-bond donors (Lipinski definition) is 1. The summed E-state index contributed by atoms with van der Waals surface area (Å²) in [6.45, 7) is 1.80. The van der Waals surface area contributed by atoms with Crippen LogP contribution in [-0.4, -0.2) is 15.8 Å². The molecule has 2 rings (SSSR count). The Bertz CT molecular complexity index is 688. The second-order valence-electron chi connectivity index (χ2n) is 4.06. The number of non-ortho nitro benzene ring substituents is 1. The summed E-state index contributed by atoms with van der Waals surface area (Å²) in [5.41, 5.74) is 1.35.